The van der Waals surface area contributed by atoms with Crippen LogP contribution < -0.4 is 9.47 Å². The Bertz CT molecular complexity index is 1460. The lowest BCUT2D eigenvalue weighted by molar-refractivity contribution is -0.385. The van der Waals surface area contributed by atoms with Crippen molar-refractivity contribution in [1.82, 2.24) is 4.90 Å². The lowest BCUT2D eigenvalue weighted by Gasteiger charge is -2.13. The highest BCUT2D eigenvalue weighted by Gasteiger charge is 2.35. The number of imide groups is 1. The Kier molecular flexibility index (Phi) is 8.08. The third kappa shape index (κ3) is 6.01. The smallest absolute Gasteiger partial charge is 0.293 e. The number of ether oxygens (including phenoxy) is 2. The minimum atomic E-state index is -0.523. The minimum Gasteiger partial charge on any atom is -0.493 e. The van der Waals surface area contributed by atoms with Crippen LogP contribution in [0.4, 0.5) is 16.2 Å². The first-order chi connectivity index (χ1) is 18.2. The molecular formula is C25H18BrN3O8S. The van der Waals surface area contributed by atoms with Gasteiger partial charge in [0.25, 0.3) is 22.5 Å². The van der Waals surface area contributed by atoms with Crippen molar-refractivity contribution in [3.05, 3.63) is 107 Å². The number of rotatable bonds is 9. The molecule has 3 aromatic carbocycles. The third-order valence-electron chi connectivity index (χ3n) is 5.47. The van der Waals surface area contributed by atoms with Crippen molar-refractivity contribution in [3.8, 4) is 11.5 Å². The summed E-state index contributed by atoms with van der Waals surface area (Å²) in [7, 11) is 1.46. The molecule has 1 fully saturated rings. The van der Waals surface area contributed by atoms with Gasteiger partial charge in [-0.1, -0.05) is 28.1 Å². The van der Waals surface area contributed by atoms with Crippen LogP contribution in [-0.4, -0.2) is 33.0 Å². The molecule has 1 saturated heterocycles. The van der Waals surface area contributed by atoms with Crippen molar-refractivity contribution in [2.45, 2.75) is 13.2 Å². The number of benzene rings is 3. The van der Waals surface area contributed by atoms with E-state index in [1.54, 1.807) is 30.3 Å². The molecule has 1 heterocycles. The summed E-state index contributed by atoms with van der Waals surface area (Å²) in [6.45, 7) is 0.127. The lowest BCUT2D eigenvalue weighted by Crippen LogP contribution is -2.27. The fourth-order valence-corrected chi connectivity index (χ4v) is 4.76. The summed E-state index contributed by atoms with van der Waals surface area (Å²) in [6, 6.07) is 14.9. The van der Waals surface area contributed by atoms with Crippen molar-refractivity contribution in [3.63, 3.8) is 0 Å². The van der Waals surface area contributed by atoms with E-state index in [1.165, 1.54) is 43.5 Å². The molecule has 0 bridgehead atoms. The number of nitrogens with zero attached hydrogens (tertiary/aromatic N) is 3. The lowest BCUT2D eigenvalue weighted by atomic mass is 10.1. The van der Waals surface area contributed by atoms with Crippen molar-refractivity contribution in [2.24, 2.45) is 0 Å². The topological polar surface area (TPSA) is 142 Å². The molecule has 0 unspecified atom stereocenters. The number of hydrogen-bond acceptors (Lipinski definition) is 9. The highest BCUT2D eigenvalue weighted by Crippen LogP contribution is 2.38. The second-order valence-electron chi connectivity index (χ2n) is 7.93. The molecule has 0 radical (unpaired) electrons. The van der Waals surface area contributed by atoms with Crippen molar-refractivity contribution in [1.29, 1.82) is 0 Å². The van der Waals surface area contributed by atoms with Gasteiger partial charge in [-0.3, -0.25) is 34.7 Å². The van der Waals surface area contributed by atoms with Gasteiger partial charge in [0.05, 0.1) is 28.4 Å². The summed E-state index contributed by atoms with van der Waals surface area (Å²) in [5.41, 5.74) is 1.78. The van der Waals surface area contributed by atoms with Crippen LogP contribution in [0.3, 0.4) is 0 Å². The van der Waals surface area contributed by atoms with Gasteiger partial charge in [-0.15, -0.1) is 0 Å². The first-order valence-corrected chi connectivity index (χ1v) is 12.5. The van der Waals surface area contributed by atoms with Crippen LogP contribution in [0.5, 0.6) is 11.5 Å². The number of non-ortho nitro benzene ring substituents is 2. The van der Waals surface area contributed by atoms with E-state index in [9.17, 15) is 29.8 Å². The molecule has 3 aromatic rings. The Hall–Kier alpha value is -4.23. The number of hydrogen-bond donors (Lipinski definition) is 0. The first kappa shape index (κ1) is 26.8. The van der Waals surface area contributed by atoms with Gasteiger partial charge >= 0.3 is 0 Å². The summed E-state index contributed by atoms with van der Waals surface area (Å²) in [5.74, 6) is 0.301. The first-order valence-electron chi connectivity index (χ1n) is 10.9. The monoisotopic (exact) mass is 599 g/mol. The Morgan fingerprint density at radius 2 is 1.50 bits per heavy atom. The Morgan fingerprint density at radius 1 is 0.921 bits per heavy atom. The molecule has 0 aliphatic carbocycles. The zero-order valence-electron chi connectivity index (χ0n) is 19.7. The Balaban J connectivity index is 1.49. The number of carbonyl (C=O) groups excluding carboxylic acids is 2. The molecule has 2 amide bonds. The van der Waals surface area contributed by atoms with Gasteiger partial charge < -0.3 is 9.47 Å². The maximum atomic E-state index is 13.0. The summed E-state index contributed by atoms with van der Waals surface area (Å²) in [5, 5.41) is 21.2. The molecule has 194 valence electrons. The van der Waals surface area contributed by atoms with Crippen LogP contribution in [0.2, 0.25) is 0 Å². The molecule has 0 saturated carbocycles. The number of carbonyl (C=O) groups is 2. The number of methoxy groups -OCH3 is 1. The average molecular weight is 600 g/mol. The van der Waals surface area contributed by atoms with Gasteiger partial charge in [-0.05, 0) is 58.8 Å². The van der Waals surface area contributed by atoms with Gasteiger partial charge in [-0.25, -0.2) is 0 Å². The summed E-state index contributed by atoms with van der Waals surface area (Å²) in [4.78, 5) is 47.4. The van der Waals surface area contributed by atoms with Gasteiger partial charge in [0.2, 0.25) is 0 Å². The number of nitro benzene ring substituents is 2. The molecule has 4 rings (SSSR count). The quantitative estimate of drug-likeness (QED) is 0.162. The number of amides is 2. The van der Waals surface area contributed by atoms with Crippen molar-refractivity contribution in [2.75, 3.05) is 7.11 Å². The predicted molar refractivity (Wildman–Crippen MR) is 143 cm³/mol. The normalized spacial score (nSPS) is 14.2. The molecule has 0 spiro atoms. The summed E-state index contributed by atoms with van der Waals surface area (Å²) >= 11 is 4.25. The molecule has 1 aliphatic rings. The largest absolute Gasteiger partial charge is 0.493 e. The minimum absolute atomic E-state index is 0.0140. The van der Waals surface area contributed by atoms with E-state index >= 15 is 0 Å². The standard InChI is InChI=1S/C25H18BrN3O8S/c1-36-21-10-17(20(26)12-22(21)37-14-16-4-8-19(9-5-16)29(34)35)11-23-24(30)27(25(31)38-23)13-15-2-6-18(7-3-15)28(32)33/h2-12H,13-14H2,1H3. The van der Waals surface area contributed by atoms with E-state index in [1.807, 2.05) is 0 Å². The van der Waals surface area contributed by atoms with E-state index in [-0.39, 0.29) is 29.4 Å². The maximum Gasteiger partial charge on any atom is 0.293 e. The molecular weight excluding hydrogens is 582 g/mol. The van der Waals surface area contributed by atoms with Gasteiger partial charge in [0.1, 0.15) is 6.61 Å². The molecule has 13 heteroatoms. The van der Waals surface area contributed by atoms with Crippen LogP contribution in [0.15, 0.2) is 70.0 Å². The maximum absolute atomic E-state index is 13.0. The second-order valence-corrected chi connectivity index (χ2v) is 9.78. The van der Waals surface area contributed by atoms with E-state index in [0.29, 0.717) is 27.1 Å². The summed E-state index contributed by atoms with van der Waals surface area (Å²) in [6.07, 6.45) is 1.56. The van der Waals surface area contributed by atoms with Crippen LogP contribution >= 0.6 is 27.7 Å². The predicted octanol–water partition coefficient (Wildman–Crippen LogP) is 6.09. The Labute approximate surface area is 228 Å². The van der Waals surface area contributed by atoms with Gasteiger partial charge in [0.15, 0.2) is 11.5 Å². The molecule has 0 atom stereocenters. The molecule has 11 nitrogen and oxygen atoms in total. The van der Waals surface area contributed by atoms with E-state index in [4.69, 9.17) is 9.47 Å². The van der Waals surface area contributed by atoms with Crippen LogP contribution in [0.25, 0.3) is 6.08 Å². The highest BCUT2D eigenvalue weighted by atomic mass is 79.9. The van der Waals surface area contributed by atoms with E-state index in [2.05, 4.69) is 15.9 Å². The SMILES string of the molecule is COc1cc(C=C2SC(=O)N(Cc3ccc([N+](=O)[O-])cc3)C2=O)c(Br)cc1OCc1ccc([N+](=O)[O-])cc1. The summed E-state index contributed by atoms with van der Waals surface area (Å²) < 4.78 is 11.9. The molecule has 1 aliphatic heterocycles. The van der Waals surface area contributed by atoms with Crippen LogP contribution in [0.1, 0.15) is 16.7 Å². The molecule has 38 heavy (non-hydrogen) atoms. The van der Waals surface area contributed by atoms with E-state index in [0.717, 1.165) is 22.2 Å². The zero-order chi connectivity index (χ0) is 27.4. The number of halogens is 1. The zero-order valence-corrected chi connectivity index (χ0v) is 22.1. The number of nitro groups is 2. The van der Waals surface area contributed by atoms with Crippen LogP contribution in [-0.2, 0) is 17.9 Å². The average Bonchev–Trinajstić information content (AvgIpc) is 3.16. The highest BCUT2D eigenvalue weighted by molar-refractivity contribution is 9.10. The fraction of sp³-hybridized carbons (Fsp3) is 0.120. The van der Waals surface area contributed by atoms with Crippen molar-refractivity contribution >= 4 is 56.3 Å². The molecule has 0 aromatic heterocycles. The second kappa shape index (κ2) is 11.4. The Morgan fingerprint density at radius 3 is 2.05 bits per heavy atom. The van der Waals surface area contributed by atoms with E-state index < -0.39 is 21.0 Å². The molecule has 0 N–H and O–H groups in total. The fourth-order valence-electron chi connectivity index (χ4n) is 3.49. The van der Waals surface area contributed by atoms with Gasteiger partial charge in [-0.2, -0.15) is 0 Å². The third-order valence-corrected chi connectivity index (χ3v) is 7.07. The van der Waals surface area contributed by atoms with Crippen molar-refractivity contribution < 1.29 is 28.9 Å². The van der Waals surface area contributed by atoms with Gasteiger partial charge in [0, 0.05) is 28.7 Å². The number of thioether (sulfide) groups is 1. The van der Waals surface area contributed by atoms with Crippen LogP contribution in [0, 0.1) is 20.2 Å².